The standard InChI is InChI=1S/C12H22N4O/c1-5-6-16-11(13-9-15-16)7-10(17)8-14-12(2,3)4/h9,14H,5-8H2,1-4H3. The van der Waals surface area contributed by atoms with Gasteiger partial charge in [-0.15, -0.1) is 0 Å². The van der Waals surface area contributed by atoms with E-state index in [1.165, 1.54) is 6.33 Å². The van der Waals surface area contributed by atoms with Crippen LogP contribution in [-0.2, 0) is 17.8 Å². The Kier molecular flexibility index (Phi) is 4.81. The molecule has 5 heteroatoms. The molecule has 96 valence electrons. The van der Waals surface area contributed by atoms with Crippen molar-refractivity contribution < 1.29 is 4.79 Å². The molecule has 1 N–H and O–H groups in total. The van der Waals surface area contributed by atoms with Crippen LogP contribution in [0.2, 0.25) is 0 Å². The molecule has 0 unspecified atom stereocenters. The van der Waals surface area contributed by atoms with Gasteiger partial charge >= 0.3 is 0 Å². The first-order valence-electron chi connectivity index (χ1n) is 6.06. The highest BCUT2D eigenvalue weighted by Crippen LogP contribution is 2.00. The van der Waals surface area contributed by atoms with Gasteiger partial charge < -0.3 is 5.32 Å². The van der Waals surface area contributed by atoms with E-state index in [9.17, 15) is 4.79 Å². The van der Waals surface area contributed by atoms with E-state index in [0.717, 1.165) is 18.8 Å². The lowest BCUT2D eigenvalue weighted by Gasteiger charge is -2.19. The lowest BCUT2D eigenvalue weighted by Crippen LogP contribution is -2.39. The number of nitrogens with one attached hydrogen (secondary N) is 1. The molecule has 0 saturated carbocycles. The summed E-state index contributed by atoms with van der Waals surface area (Å²) in [7, 11) is 0. The molecule has 0 fully saturated rings. The number of hydrogen-bond donors (Lipinski definition) is 1. The van der Waals surface area contributed by atoms with Gasteiger partial charge in [0.15, 0.2) is 5.78 Å². The van der Waals surface area contributed by atoms with Crippen LogP contribution in [-0.4, -0.2) is 32.6 Å². The van der Waals surface area contributed by atoms with Gasteiger partial charge in [-0.1, -0.05) is 6.92 Å². The van der Waals surface area contributed by atoms with E-state index in [1.807, 2.05) is 20.8 Å². The number of aryl methyl sites for hydroxylation is 1. The second-order valence-corrected chi connectivity index (χ2v) is 5.22. The summed E-state index contributed by atoms with van der Waals surface area (Å²) < 4.78 is 1.80. The van der Waals surface area contributed by atoms with Crippen LogP contribution in [0.1, 0.15) is 39.9 Å². The maximum absolute atomic E-state index is 11.8. The van der Waals surface area contributed by atoms with E-state index in [4.69, 9.17) is 0 Å². The van der Waals surface area contributed by atoms with Crippen molar-refractivity contribution in [3.63, 3.8) is 0 Å². The Morgan fingerprint density at radius 3 is 2.76 bits per heavy atom. The quantitative estimate of drug-likeness (QED) is 0.808. The topological polar surface area (TPSA) is 59.8 Å². The van der Waals surface area contributed by atoms with Gasteiger partial charge in [0.2, 0.25) is 0 Å². The van der Waals surface area contributed by atoms with Crippen molar-refractivity contribution in [2.75, 3.05) is 6.54 Å². The molecule has 0 radical (unpaired) electrons. The molecule has 0 bridgehead atoms. The minimum atomic E-state index is -0.0350. The molecule has 0 saturated heterocycles. The van der Waals surface area contributed by atoms with E-state index >= 15 is 0 Å². The molecule has 0 aliphatic heterocycles. The third-order valence-electron chi connectivity index (χ3n) is 2.30. The summed E-state index contributed by atoms with van der Waals surface area (Å²) in [5.41, 5.74) is -0.0350. The minimum absolute atomic E-state index is 0.0350. The Labute approximate surface area is 103 Å². The Morgan fingerprint density at radius 2 is 2.18 bits per heavy atom. The van der Waals surface area contributed by atoms with Crippen LogP contribution < -0.4 is 5.32 Å². The van der Waals surface area contributed by atoms with Crippen molar-refractivity contribution in [3.05, 3.63) is 12.2 Å². The molecule has 5 nitrogen and oxygen atoms in total. The molecule has 0 aromatic carbocycles. The number of carbonyl (C=O) groups is 1. The third-order valence-corrected chi connectivity index (χ3v) is 2.30. The summed E-state index contributed by atoms with van der Waals surface area (Å²) >= 11 is 0. The number of ketones is 1. The van der Waals surface area contributed by atoms with Gasteiger partial charge in [0.05, 0.1) is 13.0 Å². The maximum atomic E-state index is 11.8. The molecular weight excluding hydrogens is 216 g/mol. The number of carbonyl (C=O) groups excluding carboxylic acids is 1. The van der Waals surface area contributed by atoms with Crippen molar-refractivity contribution in [1.29, 1.82) is 0 Å². The predicted molar refractivity (Wildman–Crippen MR) is 66.8 cm³/mol. The molecule has 1 aromatic rings. The van der Waals surface area contributed by atoms with Crippen LogP contribution >= 0.6 is 0 Å². The van der Waals surface area contributed by atoms with Crippen molar-refractivity contribution in [2.24, 2.45) is 0 Å². The van der Waals surface area contributed by atoms with Crippen LogP contribution in [0.5, 0.6) is 0 Å². The highest BCUT2D eigenvalue weighted by atomic mass is 16.1. The second kappa shape index (κ2) is 5.91. The molecule has 0 aliphatic carbocycles. The summed E-state index contributed by atoms with van der Waals surface area (Å²) in [5, 5.41) is 7.28. The van der Waals surface area contributed by atoms with E-state index in [-0.39, 0.29) is 11.3 Å². The van der Waals surface area contributed by atoms with Crippen LogP contribution in [0.15, 0.2) is 6.33 Å². The predicted octanol–water partition coefficient (Wildman–Crippen LogP) is 1.19. The molecule has 0 atom stereocenters. The summed E-state index contributed by atoms with van der Waals surface area (Å²) in [4.78, 5) is 15.9. The summed E-state index contributed by atoms with van der Waals surface area (Å²) in [6.07, 6.45) is 2.85. The molecule has 1 aromatic heterocycles. The number of rotatable bonds is 6. The Morgan fingerprint density at radius 1 is 1.47 bits per heavy atom. The normalized spacial score (nSPS) is 11.8. The Hall–Kier alpha value is -1.23. The third kappa shape index (κ3) is 5.08. The lowest BCUT2D eigenvalue weighted by molar-refractivity contribution is -0.118. The molecule has 0 spiro atoms. The second-order valence-electron chi connectivity index (χ2n) is 5.22. The van der Waals surface area contributed by atoms with Gasteiger partial charge in [-0.05, 0) is 27.2 Å². The van der Waals surface area contributed by atoms with Crippen LogP contribution in [0.4, 0.5) is 0 Å². The van der Waals surface area contributed by atoms with E-state index in [2.05, 4.69) is 22.3 Å². The SMILES string of the molecule is CCCn1ncnc1CC(=O)CNC(C)(C)C. The number of hydrogen-bond acceptors (Lipinski definition) is 4. The minimum Gasteiger partial charge on any atom is -0.305 e. The summed E-state index contributed by atoms with van der Waals surface area (Å²) in [6.45, 7) is 9.39. The van der Waals surface area contributed by atoms with Gasteiger partial charge in [-0.25, -0.2) is 9.67 Å². The van der Waals surface area contributed by atoms with Crippen molar-refractivity contribution in [2.45, 2.75) is 52.6 Å². The summed E-state index contributed by atoms with van der Waals surface area (Å²) in [6, 6.07) is 0. The summed E-state index contributed by atoms with van der Waals surface area (Å²) in [5.74, 6) is 0.901. The highest BCUT2D eigenvalue weighted by molar-refractivity contribution is 5.82. The number of nitrogens with zero attached hydrogens (tertiary/aromatic N) is 3. The number of aromatic nitrogens is 3. The molecular formula is C12H22N4O. The lowest BCUT2D eigenvalue weighted by atomic mass is 10.1. The first-order valence-corrected chi connectivity index (χ1v) is 6.06. The van der Waals surface area contributed by atoms with Gasteiger partial charge in [-0.2, -0.15) is 5.10 Å². The Balaban J connectivity index is 2.47. The van der Waals surface area contributed by atoms with E-state index < -0.39 is 0 Å². The van der Waals surface area contributed by atoms with Gasteiger partial charge in [-0.3, -0.25) is 4.79 Å². The van der Waals surface area contributed by atoms with Gasteiger partial charge in [0.1, 0.15) is 12.2 Å². The fourth-order valence-electron chi connectivity index (χ4n) is 1.43. The van der Waals surface area contributed by atoms with Crippen molar-refractivity contribution >= 4 is 5.78 Å². The highest BCUT2D eigenvalue weighted by Gasteiger charge is 2.13. The van der Waals surface area contributed by atoms with Crippen LogP contribution in [0.25, 0.3) is 0 Å². The maximum Gasteiger partial charge on any atom is 0.154 e. The smallest absolute Gasteiger partial charge is 0.154 e. The van der Waals surface area contributed by atoms with Crippen molar-refractivity contribution in [3.8, 4) is 0 Å². The monoisotopic (exact) mass is 238 g/mol. The zero-order valence-corrected chi connectivity index (χ0v) is 11.2. The van der Waals surface area contributed by atoms with Crippen LogP contribution in [0.3, 0.4) is 0 Å². The fraction of sp³-hybridized carbons (Fsp3) is 0.750. The number of Topliss-reactive ketones (excluding diaryl/α,β-unsaturated/α-hetero) is 1. The largest absolute Gasteiger partial charge is 0.305 e. The first-order chi connectivity index (χ1) is 7.92. The molecule has 1 heterocycles. The van der Waals surface area contributed by atoms with Gasteiger partial charge in [0, 0.05) is 12.1 Å². The first kappa shape index (κ1) is 13.8. The Bertz CT molecular complexity index is 365. The van der Waals surface area contributed by atoms with E-state index in [0.29, 0.717) is 13.0 Å². The molecule has 0 aliphatic rings. The van der Waals surface area contributed by atoms with E-state index in [1.54, 1.807) is 4.68 Å². The average Bonchev–Trinajstić information content (AvgIpc) is 2.63. The zero-order chi connectivity index (χ0) is 12.9. The average molecular weight is 238 g/mol. The molecule has 17 heavy (non-hydrogen) atoms. The zero-order valence-electron chi connectivity index (χ0n) is 11.2. The molecule has 1 rings (SSSR count). The van der Waals surface area contributed by atoms with Crippen molar-refractivity contribution in [1.82, 2.24) is 20.1 Å². The fourth-order valence-corrected chi connectivity index (χ4v) is 1.43. The van der Waals surface area contributed by atoms with Crippen LogP contribution in [0, 0.1) is 0 Å². The van der Waals surface area contributed by atoms with Gasteiger partial charge in [0.25, 0.3) is 0 Å². The molecule has 0 amide bonds.